The highest BCUT2D eigenvalue weighted by Crippen LogP contribution is 2.25. The molecule has 0 saturated heterocycles. The third kappa shape index (κ3) is 3.74. The van der Waals surface area contributed by atoms with Crippen LogP contribution >= 0.6 is 11.6 Å². The van der Waals surface area contributed by atoms with Crippen LogP contribution in [0.5, 0.6) is 0 Å². The van der Waals surface area contributed by atoms with Gasteiger partial charge in [0.15, 0.2) is 0 Å². The maximum atomic E-state index is 12.2. The van der Waals surface area contributed by atoms with Gasteiger partial charge in [-0.15, -0.1) is 0 Å². The van der Waals surface area contributed by atoms with Gasteiger partial charge in [0.2, 0.25) is 5.91 Å². The lowest BCUT2D eigenvalue weighted by Gasteiger charge is -2.06. The van der Waals surface area contributed by atoms with E-state index in [1.807, 2.05) is 43.3 Å². The summed E-state index contributed by atoms with van der Waals surface area (Å²) in [6, 6.07) is 15.9. The van der Waals surface area contributed by atoms with E-state index in [0.717, 1.165) is 28.6 Å². The van der Waals surface area contributed by atoms with Crippen molar-refractivity contribution in [3.8, 4) is 0 Å². The van der Waals surface area contributed by atoms with E-state index >= 15 is 0 Å². The number of hydrogen-bond acceptors (Lipinski definition) is 1. The Labute approximate surface area is 140 Å². The van der Waals surface area contributed by atoms with Crippen LogP contribution in [-0.2, 0) is 17.6 Å². The molecule has 0 aliphatic carbocycles. The number of rotatable bonds is 5. The highest BCUT2D eigenvalue weighted by molar-refractivity contribution is 6.31. The molecule has 0 radical (unpaired) electrons. The molecule has 0 fully saturated rings. The summed E-state index contributed by atoms with van der Waals surface area (Å²) < 4.78 is 0. The first-order valence-corrected chi connectivity index (χ1v) is 8.08. The van der Waals surface area contributed by atoms with E-state index in [1.54, 1.807) is 0 Å². The molecule has 3 nitrogen and oxygen atoms in total. The van der Waals surface area contributed by atoms with Gasteiger partial charge >= 0.3 is 0 Å². The number of fused-ring (bicyclic) bond motifs is 1. The van der Waals surface area contributed by atoms with Gasteiger partial charge in [-0.2, -0.15) is 0 Å². The van der Waals surface area contributed by atoms with Gasteiger partial charge < -0.3 is 10.3 Å². The molecule has 0 saturated carbocycles. The second kappa shape index (κ2) is 6.88. The fourth-order valence-corrected chi connectivity index (χ4v) is 2.97. The molecule has 0 atom stereocenters. The highest BCUT2D eigenvalue weighted by Gasteiger charge is 2.12. The predicted molar refractivity (Wildman–Crippen MR) is 94.9 cm³/mol. The van der Waals surface area contributed by atoms with Gasteiger partial charge in [0, 0.05) is 28.2 Å². The Hall–Kier alpha value is -2.26. The van der Waals surface area contributed by atoms with Gasteiger partial charge in [0.1, 0.15) is 0 Å². The fraction of sp³-hybridized carbons (Fsp3) is 0.211. The summed E-state index contributed by atoms with van der Waals surface area (Å²) >= 11 is 6.07. The first kappa shape index (κ1) is 15.6. The van der Waals surface area contributed by atoms with Crippen LogP contribution in [0.15, 0.2) is 48.5 Å². The molecular formula is C19H19ClN2O. The normalized spacial score (nSPS) is 10.9. The van der Waals surface area contributed by atoms with E-state index in [9.17, 15) is 4.79 Å². The van der Waals surface area contributed by atoms with E-state index in [1.165, 1.54) is 5.56 Å². The number of aromatic amines is 1. The molecule has 4 heteroatoms. The Morgan fingerprint density at radius 1 is 1.17 bits per heavy atom. The minimum absolute atomic E-state index is 0.0323. The fourth-order valence-electron chi connectivity index (χ4n) is 2.80. The van der Waals surface area contributed by atoms with Crippen LogP contribution in [-0.4, -0.2) is 17.4 Å². The maximum absolute atomic E-state index is 12.2. The number of carbonyl (C=O) groups is 1. The quantitative estimate of drug-likeness (QED) is 0.730. The molecule has 23 heavy (non-hydrogen) atoms. The van der Waals surface area contributed by atoms with Crippen LogP contribution in [0.1, 0.15) is 16.8 Å². The van der Waals surface area contributed by atoms with Gasteiger partial charge in [0.25, 0.3) is 0 Å². The molecule has 0 unspecified atom stereocenters. The van der Waals surface area contributed by atoms with Crippen LogP contribution in [0.25, 0.3) is 10.9 Å². The molecule has 118 valence electrons. The minimum Gasteiger partial charge on any atom is -0.358 e. The number of nitrogens with one attached hydrogen (secondary N) is 2. The molecule has 0 bridgehead atoms. The number of aryl methyl sites for hydroxylation is 1. The summed E-state index contributed by atoms with van der Waals surface area (Å²) in [7, 11) is 0. The Kier molecular flexibility index (Phi) is 4.68. The monoisotopic (exact) mass is 326 g/mol. The zero-order chi connectivity index (χ0) is 16.2. The van der Waals surface area contributed by atoms with Crippen molar-refractivity contribution < 1.29 is 4.79 Å². The van der Waals surface area contributed by atoms with E-state index in [-0.39, 0.29) is 5.91 Å². The number of carbonyl (C=O) groups excluding carboxylic acids is 1. The number of benzene rings is 2. The summed E-state index contributed by atoms with van der Waals surface area (Å²) in [6.45, 7) is 2.63. The molecule has 3 rings (SSSR count). The summed E-state index contributed by atoms with van der Waals surface area (Å²) in [4.78, 5) is 15.5. The van der Waals surface area contributed by atoms with Crippen molar-refractivity contribution in [2.24, 2.45) is 0 Å². The molecule has 1 aromatic heterocycles. The Balaban J connectivity index is 1.64. The predicted octanol–water partition coefficient (Wildman–Crippen LogP) is 4.03. The zero-order valence-electron chi connectivity index (χ0n) is 13.0. The lowest BCUT2D eigenvalue weighted by molar-refractivity contribution is -0.120. The summed E-state index contributed by atoms with van der Waals surface area (Å²) in [5.74, 6) is 0.0323. The van der Waals surface area contributed by atoms with Crippen molar-refractivity contribution in [2.45, 2.75) is 19.8 Å². The van der Waals surface area contributed by atoms with Crippen LogP contribution in [0.3, 0.4) is 0 Å². The van der Waals surface area contributed by atoms with Gasteiger partial charge in [0.05, 0.1) is 6.42 Å². The average Bonchev–Trinajstić information content (AvgIpc) is 2.84. The first-order chi connectivity index (χ1) is 11.1. The molecule has 2 aromatic carbocycles. The van der Waals surface area contributed by atoms with Gasteiger partial charge in [-0.25, -0.2) is 0 Å². The topological polar surface area (TPSA) is 44.9 Å². The van der Waals surface area contributed by atoms with Crippen LogP contribution in [0, 0.1) is 6.92 Å². The Morgan fingerprint density at radius 2 is 1.96 bits per heavy atom. The lowest BCUT2D eigenvalue weighted by Crippen LogP contribution is -2.27. The minimum atomic E-state index is 0.0323. The first-order valence-electron chi connectivity index (χ1n) is 7.71. The summed E-state index contributed by atoms with van der Waals surface area (Å²) in [5.41, 5.74) is 4.27. The SMILES string of the molecule is Cc1[nH]c2ccc(Cl)cc2c1CC(=O)NCCc1ccccc1. The van der Waals surface area contributed by atoms with Crippen molar-refractivity contribution in [2.75, 3.05) is 6.54 Å². The number of hydrogen-bond donors (Lipinski definition) is 2. The van der Waals surface area contributed by atoms with Gasteiger partial charge in [-0.3, -0.25) is 4.79 Å². The highest BCUT2D eigenvalue weighted by atomic mass is 35.5. The van der Waals surface area contributed by atoms with E-state index in [4.69, 9.17) is 11.6 Å². The van der Waals surface area contributed by atoms with E-state index in [0.29, 0.717) is 18.0 Å². The lowest BCUT2D eigenvalue weighted by atomic mass is 10.1. The number of H-pyrrole nitrogens is 1. The molecule has 1 heterocycles. The molecule has 1 amide bonds. The number of halogens is 1. The molecule has 0 spiro atoms. The average molecular weight is 327 g/mol. The summed E-state index contributed by atoms with van der Waals surface area (Å²) in [6.07, 6.45) is 1.20. The second-order valence-corrected chi connectivity index (χ2v) is 6.12. The van der Waals surface area contributed by atoms with Gasteiger partial charge in [-0.1, -0.05) is 41.9 Å². The van der Waals surface area contributed by atoms with Crippen molar-refractivity contribution >= 4 is 28.4 Å². The van der Waals surface area contributed by atoms with Crippen LogP contribution < -0.4 is 5.32 Å². The molecular weight excluding hydrogens is 308 g/mol. The van der Waals surface area contributed by atoms with E-state index < -0.39 is 0 Å². The molecule has 2 N–H and O–H groups in total. The van der Waals surface area contributed by atoms with Crippen LogP contribution in [0.4, 0.5) is 0 Å². The number of aromatic nitrogens is 1. The Bertz CT molecular complexity index is 824. The van der Waals surface area contributed by atoms with Crippen molar-refractivity contribution in [1.82, 2.24) is 10.3 Å². The third-order valence-electron chi connectivity index (χ3n) is 4.00. The second-order valence-electron chi connectivity index (χ2n) is 5.68. The van der Waals surface area contributed by atoms with Crippen molar-refractivity contribution in [3.63, 3.8) is 0 Å². The Morgan fingerprint density at radius 3 is 2.74 bits per heavy atom. The smallest absolute Gasteiger partial charge is 0.224 e. The largest absolute Gasteiger partial charge is 0.358 e. The van der Waals surface area contributed by atoms with Crippen LogP contribution in [0.2, 0.25) is 5.02 Å². The van der Waals surface area contributed by atoms with Crippen molar-refractivity contribution in [1.29, 1.82) is 0 Å². The third-order valence-corrected chi connectivity index (χ3v) is 4.23. The van der Waals surface area contributed by atoms with Gasteiger partial charge in [-0.05, 0) is 42.7 Å². The number of amides is 1. The summed E-state index contributed by atoms with van der Waals surface area (Å²) in [5, 5.41) is 4.69. The van der Waals surface area contributed by atoms with Crippen molar-refractivity contribution in [3.05, 3.63) is 70.4 Å². The molecule has 0 aliphatic rings. The maximum Gasteiger partial charge on any atom is 0.224 e. The van der Waals surface area contributed by atoms with E-state index in [2.05, 4.69) is 22.4 Å². The zero-order valence-corrected chi connectivity index (χ0v) is 13.8. The molecule has 0 aliphatic heterocycles. The molecule has 3 aromatic rings. The standard InChI is InChI=1S/C19H19ClN2O/c1-13-16(17-11-15(20)7-8-18(17)22-13)12-19(23)21-10-9-14-5-3-2-4-6-14/h2-8,11,22H,9-10,12H2,1H3,(H,21,23).